The fourth-order valence-corrected chi connectivity index (χ4v) is 4.69. The zero-order valence-electron chi connectivity index (χ0n) is 18.4. The Bertz CT molecular complexity index is 967. The number of carbonyl (C=O) groups excluding carboxylic acids is 1. The first kappa shape index (κ1) is 23.8. The second-order valence-corrected chi connectivity index (χ2v) is 9.85. The molecule has 7 nitrogen and oxygen atoms in total. The molecule has 0 unspecified atom stereocenters. The number of likely N-dealkylation sites (N-methyl/N-ethyl adjacent to an activating group) is 1. The molecule has 0 aliphatic carbocycles. The van der Waals surface area contributed by atoms with Crippen LogP contribution in [0, 0.1) is 6.92 Å². The van der Waals surface area contributed by atoms with Gasteiger partial charge in [0.25, 0.3) is 0 Å². The van der Waals surface area contributed by atoms with E-state index in [4.69, 9.17) is 9.73 Å². The number of fused-ring (bicyclic) bond motifs is 2. The van der Waals surface area contributed by atoms with E-state index in [-0.39, 0.29) is 36.1 Å². The standard InChI is InChI=1S/C22H29N5O2S.HI/c1-15(2)23-22(28)29-14-27(4)11-9-26(10-12-27)20-17-13-16(3)30-21(17)25-19-8-6-5-7-18(19)24-20;/h5-8,13,15H,9-12,14H2,1-4H3,(H-,23,24,25,28);1H. The lowest BCUT2D eigenvalue weighted by Gasteiger charge is -2.42. The Balaban J connectivity index is 0.00000272. The van der Waals surface area contributed by atoms with Crippen LogP contribution in [0.2, 0.25) is 0 Å². The van der Waals surface area contributed by atoms with Crippen LogP contribution in [0.4, 0.5) is 21.2 Å². The average Bonchev–Trinajstić information content (AvgIpc) is 2.99. The third-order valence-electron chi connectivity index (χ3n) is 5.51. The summed E-state index contributed by atoms with van der Waals surface area (Å²) in [6.07, 6.45) is -0.346. The number of aliphatic imine (C=N–C) groups is 1. The number of quaternary nitrogens is 1. The summed E-state index contributed by atoms with van der Waals surface area (Å²) < 4.78 is 6.18. The Morgan fingerprint density at radius 1 is 1.32 bits per heavy atom. The highest BCUT2D eigenvalue weighted by atomic mass is 127. The molecule has 168 valence electrons. The normalized spacial score (nSPS) is 16.8. The predicted molar refractivity (Wildman–Crippen MR) is 122 cm³/mol. The van der Waals surface area contributed by atoms with Gasteiger partial charge in [0.15, 0.2) is 0 Å². The molecule has 0 atom stereocenters. The number of hydrogen-bond donors (Lipinski definition) is 2. The van der Waals surface area contributed by atoms with E-state index in [9.17, 15) is 4.79 Å². The molecule has 1 fully saturated rings. The number of ether oxygens (including phenoxy) is 1. The van der Waals surface area contributed by atoms with Gasteiger partial charge in [0.1, 0.15) is 10.8 Å². The van der Waals surface area contributed by atoms with Crippen molar-refractivity contribution in [1.29, 1.82) is 0 Å². The van der Waals surface area contributed by atoms with E-state index in [1.54, 1.807) is 11.3 Å². The van der Waals surface area contributed by atoms with E-state index < -0.39 is 0 Å². The van der Waals surface area contributed by atoms with Crippen molar-refractivity contribution in [2.75, 3.05) is 45.3 Å². The molecule has 0 bridgehead atoms. The number of para-hydroxylation sites is 2. The molecule has 1 aromatic heterocycles. The number of rotatable bonds is 3. The first-order chi connectivity index (χ1) is 14.3. The van der Waals surface area contributed by atoms with Gasteiger partial charge in [-0.2, -0.15) is 0 Å². The quantitative estimate of drug-likeness (QED) is 0.439. The van der Waals surface area contributed by atoms with E-state index >= 15 is 0 Å². The maximum absolute atomic E-state index is 11.9. The first-order valence-electron chi connectivity index (χ1n) is 10.4. The van der Waals surface area contributed by atoms with Gasteiger partial charge in [0.05, 0.1) is 50.2 Å². The number of anilines is 2. The Kier molecular flexibility index (Phi) is 7.48. The van der Waals surface area contributed by atoms with Crippen molar-refractivity contribution in [3.8, 4) is 0 Å². The maximum Gasteiger partial charge on any atom is 0.411 e. The smallest absolute Gasteiger partial charge is 0.411 e. The minimum atomic E-state index is -0.346. The van der Waals surface area contributed by atoms with E-state index in [1.165, 1.54) is 4.88 Å². The van der Waals surface area contributed by atoms with Crippen molar-refractivity contribution in [2.45, 2.75) is 26.8 Å². The maximum atomic E-state index is 11.9. The number of amides is 1. The third kappa shape index (κ3) is 5.50. The average molecular weight is 555 g/mol. The summed E-state index contributed by atoms with van der Waals surface area (Å²) in [5, 5.41) is 7.50. The topological polar surface area (TPSA) is 66.0 Å². The second kappa shape index (κ2) is 9.74. The molecule has 1 aromatic carbocycles. The first-order valence-corrected chi connectivity index (χ1v) is 11.2. The van der Waals surface area contributed by atoms with E-state index in [2.05, 4.69) is 47.7 Å². The van der Waals surface area contributed by atoms with Crippen molar-refractivity contribution in [3.63, 3.8) is 0 Å². The van der Waals surface area contributed by atoms with Gasteiger partial charge in [-0.1, -0.05) is 12.1 Å². The number of aryl methyl sites for hydroxylation is 1. The number of alkyl carbamates (subject to hydrolysis) is 1. The molecule has 4 rings (SSSR count). The van der Waals surface area contributed by atoms with Crippen LogP contribution in [-0.2, 0) is 4.74 Å². The van der Waals surface area contributed by atoms with E-state index in [1.807, 2.05) is 26.0 Å². The summed E-state index contributed by atoms with van der Waals surface area (Å²) in [5.41, 5.74) is 3.17. The third-order valence-corrected chi connectivity index (χ3v) is 6.47. The SMILES string of the molecule is Cc1cc2c(s1)Nc1ccccc1N=C2N1CC[N+](C)(COC(=O)NC(C)C)CC1.[I-]. The molecule has 0 saturated carbocycles. The summed E-state index contributed by atoms with van der Waals surface area (Å²) in [5.74, 6) is 1.02. The number of halogens is 1. The summed E-state index contributed by atoms with van der Waals surface area (Å²) in [4.78, 5) is 20.6. The number of nitrogens with zero attached hydrogens (tertiary/aromatic N) is 3. The molecule has 0 spiro atoms. The van der Waals surface area contributed by atoms with Crippen LogP contribution >= 0.6 is 11.3 Å². The fraction of sp³-hybridized carbons (Fsp3) is 0.455. The number of amidine groups is 1. The van der Waals surface area contributed by atoms with Crippen LogP contribution in [0.15, 0.2) is 35.3 Å². The van der Waals surface area contributed by atoms with Crippen molar-refractivity contribution in [2.24, 2.45) is 4.99 Å². The summed E-state index contributed by atoms with van der Waals surface area (Å²) >= 11 is 1.76. The highest BCUT2D eigenvalue weighted by molar-refractivity contribution is 7.16. The lowest BCUT2D eigenvalue weighted by molar-refractivity contribution is -0.928. The Labute approximate surface area is 205 Å². The van der Waals surface area contributed by atoms with Crippen LogP contribution in [0.5, 0.6) is 0 Å². The number of thiophene rings is 1. The van der Waals surface area contributed by atoms with Crippen LogP contribution < -0.4 is 34.6 Å². The van der Waals surface area contributed by atoms with Gasteiger partial charge in [-0.3, -0.25) is 4.48 Å². The molecular weight excluding hydrogens is 525 g/mol. The molecule has 2 N–H and O–H groups in total. The van der Waals surface area contributed by atoms with Gasteiger partial charge >= 0.3 is 6.09 Å². The van der Waals surface area contributed by atoms with E-state index in [0.717, 1.165) is 54.0 Å². The highest BCUT2D eigenvalue weighted by Gasteiger charge is 2.33. The summed E-state index contributed by atoms with van der Waals surface area (Å²) in [6.45, 7) is 9.87. The number of benzene rings is 1. The Morgan fingerprint density at radius 3 is 2.74 bits per heavy atom. The largest absolute Gasteiger partial charge is 1.00 e. The number of carbonyl (C=O) groups is 1. The molecule has 3 heterocycles. The molecule has 0 radical (unpaired) electrons. The van der Waals surface area contributed by atoms with Gasteiger partial charge in [0.2, 0.25) is 6.73 Å². The number of nitrogens with one attached hydrogen (secondary N) is 2. The minimum Gasteiger partial charge on any atom is -1.00 e. The molecule has 2 aliphatic heterocycles. The fourth-order valence-electron chi connectivity index (χ4n) is 3.77. The zero-order chi connectivity index (χ0) is 21.3. The highest BCUT2D eigenvalue weighted by Crippen LogP contribution is 2.39. The van der Waals surface area contributed by atoms with Crippen molar-refractivity contribution < 1.29 is 38.0 Å². The van der Waals surface area contributed by atoms with E-state index in [0.29, 0.717) is 11.2 Å². The van der Waals surface area contributed by atoms with Crippen LogP contribution in [0.1, 0.15) is 24.3 Å². The van der Waals surface area contributed by atoms with Crippen LogP contribution in [-0.4, -0.2) is 67.3 Å². The van der Waals surface area contributed by atoms with Gasteiger partial charge < -0.3 is 44.2 Å². The van der Waals surface area contributed by atoms with Crippen molar-refractivity contribution in [3.05, 3.63) is 40.8 Å². The molecule has 2 aliphatic rings. The van der Waals surface area contributed by atoms with Gasteiger partial charge in [0, 0.05) is 10.9 Å². The van der Waals surface area contributed by atoms with Crippen molar-refractivity contribution >= 4 is 39.6 Å². The predicted octanol–water partition coefficient (Wildman–Crippen LogP) is 1.05. The molecule has 31 heavy (non-hydrogen) atoms. The molecule has 1 saturated heterocycles. The minimum absolute atomic E-state index is 0. The molecule has 9 heteroatoms. The summed E-state index contributed by atoms with van der Waals surface area (Å²) in [6, 6.07) is 10.5. The molecule has 1 amide bonds. The molecule has 2 aromatic rings. The monoisotopic (exact) mass is 555 g/mol. The van der Waals surface area contributed by atoms with Crippen LogP contribution in [0.25, 0.3) is 0 Å². The summed E-state index contributed by atoms with van der Waals surface area (Å²) in [7, 11) is 2.14. The van der Waals surface area contributed by atoms with Crippen molar-refractivity contribution in [1.82, 2.24) is 10.2 Å². The lowest BCUT2D eigenvalue weighted by atomic mass is 10.2. The van der Waals surface area contributed by atoms with Gasteiger partial charge in [-0.15, -0.1) is 11.3 Å². The second-order valence-electron chi connectivity index (χ2n) is 8.59. The Morgan fingerprint density at radius 2 is 2.03 bits per heavy atom. The number of hydrogen-bond acceptors (Lipinski definition) is 6. The lowest BCUT2D eigenvalue weighted by Crippen LogP contribution is -3.00. The zero-order valence-corrected chi connectivity index (χ0v) is 21.4. The van der Waals surface area contributed by atoms with Gasteiger partial charge in [-0.25, -0.2) is 9.79 Å². The molecular formula is C22H30IN5O2S. The Hall–Kier alpha value is -1.85. The number of piperazine rings is 1. The van der Waals surface area contributed by atoms with Crippen LogP contribution in [0.3, 0.4) is 0 Å². The van der Waals surface area contributed by atoms with Gasteiger partial charge in [-0.05, 0) is 39.0 Å².